The number of Topliss-reactive ketones (excluding diaryl/α,β-unsaturated/α-hetero) is 1. The van der Waals surface area contributed by atoms with E-state index in [4.69, 9.17) is 4.74 Å². The number of hydrogen-bond donors (Lipinski definition) is 4. The molecule has 1 spiro atoms. The van der Waals surface area contributed by atoms with Gasteiger partial charge < -0.3 is 29.6 Å². The second kappa shape index (κ2) is 4.73. The van der Waals surface area contributed by atoms with E-state index in [2.05, 4.69) is 0 Å². The normalized spacial score (nSPS) is 50.1. The number of carbonyl (C=O) groups is 1. The van der Waals surface area contributed by atoms with Gasteiger partial charge in [0.05, 0.1) is 25.1 Å². The van der Waals surface area contributed by atoms with Crippen molar-refractivity contribution >= 4 is 5.78 Å². The predicted molar refractivity (Wildman–Crippen MR) is 97.0 cm³/mol. The smallest absolute Gasteiger partial charge is 0.174 e. The predicted octanol–water partition coefficient (Wildman–Crippen LogP) is -0.244. The van der Waals surface area contributed by atoms with Crippen LogP contribution in [-0.4, -0.2) is 80.3 Å². The minimum Gasteiger partial charge on any atom is -0.504 e. The number of piperidine rings is 1. The molecule has 2 aliphatic heterocycles. The van der Waals surface area contributed by atoms with Crippen LogP contribution in [-0.2, 0) is 16.6 Å². The van der Waals surface area contributed by atoms with E-state index in [0.29, 0.717) is 49.0 Å². The Morgan fingerprint density at radius 3 is 2.75 bits per heavy atom. The Balaban J connectivity index is 1.56. The molecule has 2 unspecified atom stereocenters. The van der Waals surface area contributed by atoms with Crippen LogP contribution in [0.2, 0.25) is 0 Å². The third-order valence-electron chi connectivity index (χ3n) is 8.55. The molecule has 3 fully saturated rings. The van der Waals surface area contributed by atoms with E-state index < -0.39 is 28.8 Å². The number of ether oxygens (including phenoxy) is 1. The minimum absolute atomic E-state index is 0.0146. The molecule has 4 N–H and O–H groups in total. The number of rotatable bonds is 2. The molecule has 0 aromatic heterocycles. The summed E-state index contributed by atoms with van der Waals surface area (Å²) in [5.74, 6) is 0.371. The van der Waals surface area contributed by atoms with Crippen LogP contribution in [0, 0.1) is 0 Å². The van der Waals surface area contributed by atoms with Gasteiger partial charge in [0.1, 0.15) is 23.8 Å². The molecular weight excluding hydrogens is 362 g/mol. The van der Waals surface area contributed by atoms with E-state index in [-0.39, 0.29) is 24.0 Å². The molecule has 3 aliphatic carbocycles. The third kappa shape index (κ3) is 1.70. The lowest BCUT2D eigenvalue weighted by Crippen LogP contribution is -2.81. The standard InChI is InChI=1S/C21H25NO6/c1-22(10-19(26)9-15(19)25)7-6-20-16-11-2-3-12(23)17(16)28-18(20)13(24)4-5-21(20,27)14(22)8-11/h2-3,14-15,18,25-27H,4-10H2,1H3/p+1/t14-,15?,18+,19?,20+,21-,22-/m1/s1. The summed E-state index contributed by atoms with van der Waals surface area (Å²) in [6.07, 6.45) is 0.643. The van der Waals surface area contributed by atoms with E-state index in [1.807, 2.05) is 13.1 Å². The lowest BCUT2D eigenvalue weighted by atomic mass is 9.48. The van der Waals surface area contributed by atoms with E-state index in [1.165, 1.54) is 0 Å². The number of quaternary nitrogens is 1. The molecule has 0 amide bonds. The minimum atomic E-state index is -1.15. The zero-order chi connectivity index (χ0) is 19.7. The van der Waals surface area contributed by atoms with E-state index in [1.54, 1.807) is 6.07 Å². The maximum atomic E-state index is 12.8. The number of phenolic OH excluding ortho intramolecular Hbond substituents is 1. The van der Waals surface area contributed by atoms with Crippen LogP contribution in [0.4, 0.5) is 0 Å². The van der Waals surface area contributed by atoms with Gasteiger partial charge in [-0.25, -0.2) is 0 Å². The molecule has 0 radical (unpaired) electrons. The van der Waals surface area contributed by atoms with Crippen molar-refractivity contribution in [3.8, 4) is 11.5 Å². The van der Waals surface area contributed by atoms with Gasteiger partial charge in [0.2, 0.25) is 0 Å². The summed E-state index contributed by atoms with van der Waals surface area (Å²) < 4.78 is 6.49. The van der Waals surface area contributed by atoms with Crippen molar-refractivity contribution < 1.29 is 34.4 Å². The molecule has 28 heavy (non-hydrogen) atoms. The molecule has 2 heterocycles. The molecule has 7 nitrogen and oxygen atoms in total. The fourth-order valence-corrected chi connectivity index (χ4v) is 7.09. The number of benzene rings is 1. The lowest BCUT2D eigenvalue weighted by Gasteiger charge is -2.64. The van der Waals surface area contributed by atoms with Crippen molar-refractivity contribution in [1.82, 2.24) is 0 Å². The molecular formula is C21H26NO6+. The summed E-state index contributed by atoms with van der Waals surface area (Å²) in [5.41, 5.74) is -1.25. The van der Waals surface area contributed by atoms with Gasteiger partial charge in [-0.2, -0.15) is 0 Å². The van der Waals surface area contributed by atoms with Crippen molar-refractivity contribution in [2.24, 2.45) is 0 Å². The van der Waals surface area contributed by atoms with Crippen LogP contribution in [0.15, 0.2) is 12.1 Å². The number of carbonyl (C=O) groups excluding carboxylic acids is 1. The Labute approximate surface area is 162 Å². The second-order valence-corrected chi connectivity index (χ2v) is 9.96. The highest BCUT2D eigenvalue weighted by molar-refractivity contribution is 5.90. The maximum Gasteiger partial charge on any atom is 0.174 e. The SMILES string of the molecule is C[N@+]1(CC2(O)CC2O)CC[C@]23c4c5ccc(O)c4O[C@H]2C(=O)CC[C@@]3(O)[C@H]1C5. The van der Waals surface area contributed by atoms with Gasteiger partial charge in [-0.3, -0.25) is 4.79 Å². The van der Waals surface area contributed by atoms with E-state index in [0.717, 1.165) is 11.1 Å². The van der Waals surface area contributed by atoms with Crippen LogP contribution in [0.3, 0.4) is 0 Å². The van der Waals surface area contributed by atoms with Crippen LogP contribution >= 0.6 is 0 Å². The van der Waals surface area contributed by atoms with Gasteiger partial charge >= 0.3 is 0 Å². The van der Waals surface area contributed by atoms with Crippen LogP contribution in [0.25, 0.3) is 0 Å². The number of aliphatic hydroxyl groups excluding tert-OH is 1. The van der Waals surface area contributed by atoms with Gasteiger partial charge in [-0.05, 0) is 18.1 Å². The summed E-state index contributed by atoms with van der Waals surface area (Å²) in [5, 5.41) is 43.1. The number of likely N-dealkylation sites (tertiary alicyclic amines) is 1. The molecule has 2 saturated carbocycles. The maximum absolute atomic E-state index is 12.8. The molecule has 6 rings (SSSR count). The summed E-state index contributed by atoms with van der Waals surface area (Å²) in [6, 6.07) is 3.28. The molecule has 1 aromatic rings. The Morgan fingerprint density at radius 1 is 1.29 bits per heavy atom. The zero-order valence-corrected chi connectivity index (χ0v) is 15.9. The number of nitrogens with zero attached hydrogens (tertiary/aromatic N) is 1. The Morgan fingerprint density at radius 2 is 2.04 bits per heavy atom. The van der Waals surface area contributed by atoms with Gasteiger partial charge in [-0.1, -0.05) is 6.07 Å². The first-order valence-corrected chi connectivity index (χ1v) is 10.2. The van der Waals surface area contributed by atoms with Crippen molar-refractivity contribution in [3.63, 3.8) is 0 Å². The molecule has 2 bridgehead atoms. The monoisotopic (exact) mass is 388 g/mol. The Kier molecular flexibility index (Phi) is 2.90. The average Bonchev–Trinajstić information content (AvgIpc) is 3.05. The number of hydrogen-bond acceptors (Lipinski definition) is 6. The van der Waals surface area contributed by atoms with E-state index >= 15 is 0 Å². The number of likely N-dealkylation sites (N-methyl/N-ethyl adjacent to an activating group) is 1. The number of ketones is 1. The largest absolute Gasteiger partial charge is 0.504 e. The third-order valence-corrected chi connectivity index (χ3v) is 8.55. The van der Waals surface area contributed by atoms with Crippen LogP contribution < -0.4 is 4.74 Å². The van der Waals surface area contributed by atoms with Crippen LogP contribution in [0.5, 0.6) is 11.5 Å². The summed E-state index contributed by atoms with van der Waals surface area (Å²) >= 11 is 0. The first-order chi connectivity index (χ1) is 13.1. The summed E-state index contributed by atoms with van der Waals surface area (Å²) in [4.78, 5) is 12.8. The van der Waals surface area contributed by atoms with Crippen LogP contribution in [0.1, 0.15) is 36.8 Å². The number of aromatic hydroxyl groups is 1. The quantitative estimate of drug-likeness (QED) is 0.521. The highest BCUT2D eigenvalue weighted by atomic mass is 16.5. The lowest BCUT2D eigenvalue weighted by molar-refractivity contribution is -0.952. The molecule has 7 atom stereocenters. The summed E-state index contributed by atoms with van der Waals surface area (Å²) in [6.45, 7) is 1.06. The summed E-state index contributed by atoms with van der Waals surface area (Å²) in [7, 11) is 2.05. The van der Waals surface area contributed by atoms with Crippen molar-refractivity contribution in [2.45, 2.75) is 67.0 Å². The first kappa shape index (κ1) is 17.2. The van der Waals surface area contributed by atoms with E-state index in [9.17, 15) is 25.2 Å². The van der Waals surface area contributed by atoms with Gasteiger partial charge in [0.25, 0.3) is 0 Å². The highest BCUT2D eigenvalue weighted by Crippen LogP contribution is 2.66. The average molecular weight is 388 g/mol. The van der Waals surface area contributed by atoms with Gasteiger partial charge in [0, 0.05) is 31.2 Å². The second-order valence-electron chi connectivity index (χ2n) is 9.96. The molecule has 1 saturated heterocycles. The highest BCUT2D eigenvalue weighted by Gasteiger charge is 2.77. The Bertz CT molecular complexity index is 934. The molecule has 150 valence electrons. The van der Waals surface area contributed by atoms with Crippen molar-refractivity contribution in [1.29, 1.82) is 0 Å². The van der Waals surface area contributed by atoms with Gasteiger partial charge in [-0.15, -0.1) is 0 Å². The van der Waals surface area contributed by atoms with Crippen molar-refractivity contribution in [3.05, 3.63) is 23.3 Å². The topological polar surface area (TPSA) is 107 Å². The molecule has 7 heteroatoms. The van der Waals surface area contributed by atoms with Gasteiger partial charge in [0.15, 0.2) is 23.4 Å². The molecule has 1 aromatic carbocycles. The first-order valence-electron chi connectivity index (χ1n) is 10.2. The fourth-order valence-electron chi connectivity index (χ4n) is 7.09. The fraction of sp³-hybridized carbons (Fsp3) is 0.667. The number of phenols is 1. The number of aliphatic hydroxyl groups is 3. The zero-order valence-electron chi connectivity index (χ0n) is 15.9. The Hall–Kier alpha value is -1.67. The molecule has 5 aliphatic rings. The van der Waals surface area contributed by atoms with Crippen molar-refractivity contribution in [2.75, 3.05) is 20.1 Å².